The van der Waals surface area contributed by atoms with Gasteiger partial charge in [-0.05, 0) is 18.3 Å². The highest BCUT2D eigenvalue weighted by Crippen LogP contribution is 2.23. The monoisotopic (exact) mass is 261 g/mol. The van der Waals surface area contributed by atoms with Crippen molar-refractivity contribution in [1.29, 1.82) is 0 Å². The summed E-state index contributed by atoms with van der Waals surface area (Å²) in [5.41, 5.74) is 0.972. The molecule has 1 heterocycles. The molecule has 0 aromatic carbocycles. The second-order valence-corrected chi connectivity index (χ2v) is 8.45. The van der Waals surface area contributed by atoms with Crippen molar-refractivity contribution in [3.05, 3.63) is 16.1 Å². The highest BCUT2D eigenvalue weighted by Gasteiger charge is 2.13. The summed E-state index contributed by atoms with van der Waals surface area (Å²) in [5.74, 6) is 0.0546. The second-order valence-electron chi connectivity index (χ2n) is 5.36. The fourth-order valence-corrected chi connectivity index (χ4v) is 2.87. The van der Waals surface area contributed by atoms with Crippen LogP contribution < -0.4 is 0 Å². The normalized spacial score (nSPS) is 13.0. The van der Waals surface area contributed by atoms with Gasteiger partial charge in [-0.3, -0.25) is 0 Å². The number of thiazole rings is 1. The Kier molecular flexibility index (Phi) is 4.12. The molecule has 16 heavy (non-hydrogen) atoms. The van der Waals surface area contributed by atoms with Crippen LogP contribution in [0.25, 0.3) is 0 Å². The second kappa shape index (κ2) is 4.84. The van der Waals surface area contributed by atoms with Gasteiger partial charge in [-0.15, -0.1) is 11.3 Å². The van der Waals surface area contributed by atoms with E-state index in [1.807, 2.05) is 5.38 Å². The average molecular weight is 261 g/mol. The summed E-state index contributed by atoms with van der Waals surface area (Å²) < 4.78 is 22.2. The predicted molar refractivity (Wildman–Crippen MR) is 68.4 cm³/mol. The third-order valence-corrected chi connectivity index (χ3v) is 3.88. The first-order valence-electron chi connectivity index (χ1n) is 5.27. The highest BCUT2D eigenvalue weighted by atomic mass is 32.2. The van der Waals surface area contributed by atoms with E-state index in [0.717, 1.165) is 17.8 Å². The van der Waals surface area contributed by atoms with E-state index in [1.165, 1.54) is 6.26 Å². The molecular weight excluding hydrogens is 242 g/mol. The Hall–Kier alpha value is -0.420. The molecule has 5 heteroatoms. The van der Waals surface area contributed by atoms with E-state index in [0.29, 0.717) is 11.1 Å². The number of nitrogens with zero attached hydrogens (tertiary/aromatic N) is 1. The molecule has 0 radical (unpaired) electrons. The Balaban J connectivity index is 2.59. The van der Waals surface area contributed by atoms with Gasteiger partial charge in [-0.2, -0.15) is 0 Å². The summed E-state index contributed by atoms with van der Waals surface area (Å²) in [7, 11) is -2.96. The zero-order valence-corrected chi connectivity index (χ0v) is 11.9. The maximum absolute atomic E-state index is 11.1. The smallest absolute Gasteiger partial charge is 0.153 e. The molecule has 0 N–H and O–H groups in total. The predicted octanol–water partition coefficient (Wildman–Crippen LogP) is 2.67. The Labute approximate surface area is 102 Å². The van der Waals surface area contributed by atoms with Gasteiger partial charge in [-0.25, -0.2) is 13.4 Å². The van der Waals surface area contributed by atoms with Gasteiger partial charge in [0.25, 0.3) is 0 Å². The molecule has 3 nitrogen and oxygen atoms in total. The zero-order valence-electron chi connectivity index (χ0n) is 10.3. The number of rotatable bonds is 4. The van der Waals surface area contributed by atoms with Gasteiger partial charge < -0.3 is 0 Å². The Morgan fingerprint density at radius 3 is 2.50 bits per heavy atom. The van der Waals surface area contributed by atoms with Gasteiger partial charge in [0.2, 0.25) is 0 Å². The molecule has 0 atom stereocenters. The van der Waals surface area contributed by atoms with E-state index in [9.17, 15) is 8.42 Å². The summed E-state index contributed by atoms with van der Waals surface area (Å²) in [6.07, 6.45) is 3.23. The summed E-state index contributed by atoms with van der Waals surface area (Å²) in [4.78, 5) is 4.34. The molecule has 0 fully saturated rings. The van der Waals surface area contributed by atoms with Crippen molar-refractivity contribution in [2.24, 2.45) is 5.41 Å². The topological polar surface area (TPSA) is 47.0 Å². The van der Waals surface area contributed by atoms with Crippen molar-refractivity contribution >= 4 is 21.2 Å². The van der Waals surface area contributed by atoms with Crippen molar-refractivity contribution in [1.82, 2.24) is 4.98 Å². The quantitative estimate of drug-likeness (QED) is 0.837. The Morgan fingerprint density at radius 1 is 1.38 bits per heavy atom. The van der Waals surface area contributed by atoms with Crippen molar-refractivity contribution < 1.29 is 8.42 Å². The number of aryl methyl sites for hydroxylation is 1. The lowest BCUT2D eigenvalue weighted by atomic mass is 9.91. The van der Waals surface area contributed by atoms with Crippen molar-refractivity contribution in [3.8, 4) is 0 Å². The van der Waals surface area contributed by atoms with Crippen LogP contribution in [-0.2, 0) is 22.0 Å². The summed E-state index contributed by atoms with van der Waals surface area (Å²) in [5, 5.41) is 2.88. The molecule has 0 unspecified atom stereocenters. The molecule has 1 aromatic heterocycles. The summed E-state index contributed by atoms with van der Waals surface area (Å²) >= 11 is 1.56. The van der Waals surface area contributed by atoms with Gasteiger partial charge in [0.15, 0.2) is 9.84 Å². The molecule has 92 valence electrons. The lowest BCUT2D eigenvalue weighted by Gasteiger charge is -2.16. The van der Waals surface area contributed by atoms with Crippen molar-refractivity contribution in [3.63, 3.8) is 0 Å². The van der Waals surface area contributed by atoms with Crippen LogP contribution >= 0.6 is 11.3 Å². The van der Waals surface area contributed by atoms with Gasteiger partial charge >= 0.3 is 0 Å². The SMILES string of the molecule is CC(C)(C)CCc1nc(CS(C)(=O)=O)cs1. The van der Waals surface area contributed by atoms with Crippen LogP contribution in [0.4, 0.5) is 0 Å². The number of hydrogen-bond donors (Lipinski definition) is 0. The van der Waals surface area contributed by atoms with E-state index >= 15 is 0 Å². The first-order chi connectivity index (χ1) is 7.16. The van der Waals surface area contributed by atoms with Crippen molar-refractivity contribution in [2.75, 3.05) is 6.26 Å². The summed E-state index contributed by atoms with van der Waals surface area (Å²) in [6.45, 7) is 6.58. The van der Waals surface area contributed by atoms with Gasteiger partial charge in [-0.1, -0.05) is 20.8 Å². The minimum atomic E-state index is -2.96. The molecule has 0 aliphatic rings. The Bertz CT molecular complexity index is 441. The third-order valence-electron chi connectivity index (χ3n) is 2.10. The molecule has 0 amide bonds. The van der Waals surface area contributed by atoms with E-state index in [4.69, 9.17) is 0 Å². The molecule has 1 rings (SSSR count). The minimum Gasteiger partial charge on any atom is -0.245 e. The lowest BCUT2D eigenvalue weighted by Crippen LogP contribution is -2.06. The van der Waals surface area contributed by atoms with Gasteiger partial charge in [0.1, 0.15) is 0 Å². The van der Waals surface area contributed by atoms with Crippen LogP contribution in [0.5, 0.6) is 0 Å². The molecule has 0 saturated carbocycles. The van der Waals surface area contributed by atoms with Crippen LogP contribution in [-0.4, -0.2) is 19.7 Å². The average Bonchev–Trinajstić information content (AvgIpc) is 2.44. The van der Waals surface area contributed by atoms with Gasteiger partial charge in [0.05, 0.1) is 16.5 Å². The third kappa shape index (κ3) is 5.61. The molecule has 0 saturated heterocycles. The molecule has 0 spiro atoms. The zero-order chi connectivity index (χ0) is 12.4. The maximum Gasteiger partial charge on any atom is 0.153 e. The molecule has 0 aliphatic heterocycles. The van der Waals surface area contributed by atoms with E-state index < -0.39 is 9.84 Å². The largest absolute Gasteiger partial charge is 0.245 e. The van der Waals surface area contributed by atoms with Crippen LogP contribution in [0.1, 0.15) is 37.9 Å². The highest BCUT2D eigenvalue weighted by molar-refractivity contribution is 7.89. The molecule has 0 bridgehead atoms. The Morgan fingerprint density at radius 2 is 2.00 bits per heavy atom. The fourth-order valence-electron chi connectivity index (χ4n) is 1.28. The van der Waals surface area contributed by atoms with Crippen LogP contribution in [0.3, 0.4) is 0 Å². The molecular formula is C11H19NO2S2. The lowest BCUT2D eigenvalue weighted by molar-refractivity contribution is 0.378. The number of aromatic nitrogens is 1. The number of hydrogen-bond acceptors (Lipinski definition) is 4. The van der Waals surface area contributed by atoms with Crippen LogP contribution in [0.2, 0.25) is 0 Å². The van der Waals surface area contributed by atoms with E-state index in [1.54, 1.807) is 11.3 Å². The summed E-state index contributed by atoms with van der Waals surface area (Å²) in [6, 6.07) is 0. The fraction of sp³-hybridized carbons (Fsp3) is 0.727. The first kappa shape index (κ1) is 13.6. The van der Waals surface area contributed by atoms with Crippen LogP contribution in [0.15, 0.2) is 5.38 Å². The van der Waals surface area contributed by atoms with E-state index in [2.05, 4.69) is 25.8 Å². The standard InChI is InChI=1S/C11H19NO2S2/c1-11(2,3)6-5-10-12-9(7-15-10)8-16(4,13)14/h7H,5-6,8H2,1-4H3. The van der Waals surface area contributed by atoms with Crippen molar-refractivity contribution in [2.45, 2.75) is 39.4 Å². The minimum absolute atomic E-state index is 0.0546. The molecule has 0 aliphatic carbocycles. The first-order valence-corrected chi connectivity index (χ1v) is 8.21. The molecule has 1 aromatic rings. The number of sulfone groups is 1. The van der Waals surface area contributed by atoms with E-state index in [-0.39, 0.29) is 5.75 Å². The maximum atomic E-state index is 11.1. The van der Waals surface area contributed by atoms with Crippen LogP contribution in [0, 0.1) is 5.41 Å². The van der Waals surface area contributed by atoms with Gasteiger partial charge in [0, 0.05) is 11.6 Å².